The molecule has 1 atom stereocenters. The molecule has 0 radical (unpaired) electrons. The van der Waals surface area contributed by atoms with Crippen LogP contribution in [0.25, 0.3) is 0 Å². The number of hydrogen-bond donors (Lipinski definition) is 2. The second kappa shape index (κ2) is 7.02. The van der Waals surface area contributed by atoms with Crippen LogP contribution < -0.4 is 10.1 Å². The number of hydrogen-bond acceptors (Lipinski definition) is 3. The zero-order valence-electron chi connectivity index (χ0n) is 14.4. The topological polar surface area (TPSA) is 75.6 Å². The van der Waals surface area contributed by atoms with E-state index >= 15 is 0 Å². The lowest BCUT2D eigenvalue weighted by Gasteiger charge is -2.37. The maximum absolute atomic E-state index is 14.1. The summed E-state index contributed by atoms with van der Waals surface area (Å²) in [5, 5.41) is 12.1. The minimum Gasteiger partial charge on any atom is -0.490 e. The summed E-state index contributed by atoms with van der Waals surface area (Å²) in [5.41, 5.74) is -0.294. The van der Waals surface area contributed by atoms with Crippen molar-refractivity contribution in [3.63, 3.8) is 0 Å². The SMILES string of the molecule is CC(NC(=O)CC1(C(=O)O)CCC1)c1ccc(OCC2CC2)c(F)c1. The van der Waals surface area contributed by atoms with Crippen LogP contribution in [-0.2, 0) is 9.59 Å². The number of carbonyl (C=O) groups excluding carboxylic acids is 1. The van der Waals surface area contributed by atoms with Gasteiger partial charge in [0.1, 0.15) is 0 Å². The summed E-state index contributed by atoms with van der Waals surface area (Å²) in [5.74, 6) is -0.895. The van der Waals surface area contributed by atoms with Crippen molar-refractivity contribution in [3.05, 3.63) is 29.6 Å². The Labute approximate surface area is 146 Å². The molecule has 1 aromatic rings. The molecule has 2 saturated carbocycles. The highest BCUT2D eigenvalue weighted by Gasteiger charge is 2.46. The molecule has 1 aromatic carbocycles. The van der Waals surface area contributed by atoms with Crippen LogP contribution in [0.2, 0.25) is 0 Å². The van der Waals surface area contributed by atoms with Gasteiger partial charge in [-0.2, -0.15) is 0 Å². The second-order valence-corrected chi connectivity index (χ2v) is 7.35. The van der Waals surface area contributed by atoms with Gasteiger partial charge in [0.15, 0.2) is 11.6 Å². The van der Waals surface area contributed by atoms with Crippen molar-refractivity contribution in [2.24, 2.45) is 11.3 Å². The van der Waals surface area contributed by atoms with E-state index in [1.807, 2.05) is 0 Å². The van der Waals surface area contributed by atoms with Gasteiger partial charge >= 0.3 is 5.97 Å². The number of carbonyl (C=O) groups is 2. The van der Waals surface area contributed by atoms with Crippen LogP contribution >= 0.6 is 0 Å². The largest absolute Gasteiger partial charge is 0.490 e. The number of amides is 1. The normalized spacial score (nSPS) is 19.6. The summed E-state index contributed by atoms with van der Waals surface area (Å²) in [6.07, 6.45) is 4.15. The number of ether oxygens (including phenoxy) is 1. The molecule has 3 rings (SSSR count). The fraction of sp³-hybridized carbons (Fsp3) is 0.579. The second-order valence-electron chi connectivity index (χ2n) is 7.35. The number of benzene rings is 1. The van der Waals surface area contributed by atoms with Crippen molar-refractivity contribution >= 4 is 11.9 Å². The maximum atomic E-state index is 14.1. The average molecular weight is 349 g/mol. The van der Waals surface area contributed by atoms with E-state index in [0.717, 1.165) is 19.3 Å². The number of aliphatic carboxylic acids is 1. The number of carboxylic acid groups (broad SMARTS) is 1. The Balaban J connectivity index is 1.56. The summed E-state index contributed by atoms with van der Waals surface area (Å²) < 4.78 is 19.6. The highest BCUT2D eigenvalue weighted by Crippen LogP contribution is 2.44. The molecule has 2 aliphatic rings. The van der Waals surface area contributed by atoms with Crippen LogP contribution in [-0.4, -0.2) is 23.6 Å². The van der Waals surface area contributed by atoms with Crippen LogP contribution in [0.1, 0.15) is 57.1 Å². The first kappa shape index (κ1) is 17.7. The van der Waals surface area contributed by atoms with E-state index in [1.165, 1.54) is 6.07 Å². The van der Waals surface area contributed by atoms with Gasteiger partial charge in [0, 0.05) is 6.42 Å². The molecule has 25 heavy (non-hydrogen) atoms. The monoisotopic (exact) mass is 349 g/mol. The molecule has 2 fully saturated rings. The molecular weight excluding hydrogens is 325 g/mol. The van der Waals surface area contributed by atoms with Crippen molar-refractivity contribution in [3.8, 4) is 5.75 Å². The molecule has 136 valence electrons. The van der Waals surface area contributed by atoms with Gasteiger partial charge in [-0.3, -0.25) is 9.59 Å². The predicted molar refractivity (Wildman–Crippen MR) is 89.7 cm³/mol. The van der Waals surface area contributed by atoms with E-state index in [1.54, 1.807) is 19.1 Å². The summed E-state index contributed by atoms with van der Waals surface area (Å²) in [6, 6.07) is 4.28. The standard InChI is InChI=1S/C19H24FNO4/c1-12(21-17(22)10-19(18(23)24)7-2-8-19)14-5-6-16(15(20)9-14)25-11-13-3-4-13/h5-6,9,12-13H,2-4,7-8,10-11H2,1H3,(H,21,22)(H,23,24). The molecule has 0 heterocycles. The third-order valence-electron chi connectivity index (χ3n) is 5.27. The lowest BCUT2D eigenvalue weighted by molar-refractivity contribution is -0.157. The Kier molecular flexibility index (Phi) is 4.97. The minimum absolute atomic E-state index is 0.0300. The average Bonchev–Trinajstić information content (AvgIpc) is 3.33. The molecular formula is C19H24FNO4. The Hall–Kier alpha value is -2.11. The highest BCUT2D eigenvalue weighted by atomic mass is 19.1. The highest BCUT2D eigenvalue weighted by molar-refractivity contribution is 5.85. The van der Waals surface area contributed by atoms with E-state index in [0.29, 0.717) is 30.9 Å². The van der Waals surface area contributed by atoms with E-state index in [2.05, 4.69) is 5.32 Å². The zero-order valence-corrected chi connectivity index (χ0v) is 14.4. The van der Waals surface area contributed by atoms with Crippen LogP contribution in [0.4, 0.5) is 4.39 Å². The van der Waals surface area contributed by atoms with E-state index in [9.17, 15) is 19.1 Å². The molecule has 5 nitrogen and oxygen atoms in total. The molecule has 0 aliphatic heterocycles. The van der Waals surface area contributed by atoms with Crippen LogP contribution in [0.3, 0.4) is 0 Å². The number of carboxylic acids is 1. The van der Waals surface area contributed by atoms with Crippen LogP contribution in [0.5, 0.6) is 5.75 Å². The Morgan fingerprint density at radius 3 is 2.64 bits per heavy atom. The first-order valence-electron chi connectivity index (χ1n) is 8.85. The van der Waals surface area contributed by atoms with E-state index < -0.39 is 23.2 Å². The number of rotatable bonds is 8. The van der Waals surface area contributed by atoms with Gasteiger partial charge < -0.3 is 15.2 Å². The third kappa shape index (κ3) is 4.11. The lowest BCUT2D eigenvalue weighted by atomic mass is 9.66. The molecule has 1 amide bonds. The summed E-state index contributed by atoms with van der Waals surface area (Å²) in [4.78, 5) is 23.5. The molecule has 0 saturated heterocycles. The first-order chi connectivity index (χ1) is 11.9. The minimum atomic E-state index is -0.921. The van der Waals surface area contributed by atoms with Gasteiger partial charge in [0.25, 0.3) is 0 Å². The fourth-order valence-corrected chi connectivity index (χ4v) is 3.15. The van der Waals surface area contributed by atoms with Gasteiger partial charge in [-0.15, -0.1) is 0 Å². The predicted octanol–water partition coefficient (Wildman–Crippen LogP) is 3.44. The van der Waals surface area contributed by atoms with Gasteiger partial charge in [-0.25, -0.2) is 4.39 Å². The van der Waals surface area contributed by atoms with Crippen molar-refractivity contribution < 1.29 is 23.8 Å². The third-order valence-corrected chi connectivity index (χ3v) is 5.27. The maximum Gasteiger partial charge on any atom is 0.310 e. The quantitative estimate of drug-likeness (QED) is 0.754. The van der Waals surface area contributed by atoms with Crippen molar-refractivity contribution in [2.75, 3.05) is 6.61 Å². The van der Waals surface area contributed by atoms with Gasteiger partial charge in [-0.05, 0) is 56.2 Å². The Morgan fingerprint density at radius 2 is 2.12 bits per heavy atom. The Morgan fingerprint density at radius 1 is 1.40 bits per heavy atom. The smallest absolute Gasteiger partial charge is 0.310 e. The van der Waals surface area contributed by atoms with Crippen molar-refractivity contribution in [1.29, 1.82) is 0 Å². The van der Waals surface area contributed by atoms with Gasteiger partial charge in [0.2, 0.25) is 5.91 Å². The lowest BCUT2D eigenvalue weighted by Crippen LogP contribution is -2.43. The molecule has 2 aliphatic carbocycles. The molecule has 0 bridgehead atoms. The molecule has 1 unspecified atom stereocenters. The number of nitrogens with one attached hydrogen (secondary N) is 1. The first-order valence-corrected chi connectivity index (χ1v) is 8.85. The zero-order chi connectivity index (χ0) is 18.0. The van der Waals surface area contributed by atoms with Gasteiger partial charge in [-0.1, -0.05) is 12.5 Å². The van der Waals surface area contributed by atoms with Crippen LogP contribution in [0, 0.1) is 17.2 Å². The molecule has 2 N–H and O–H groups in total. The van der Waals surface area contributed by atoms with Crippen molar-refractivity contribution in [2.45, 2.75) is 51.5 Å². The van der Waals surface area contributed by atoms with Crippen LogP contribution in [0.15, 0.2) is 18.2 Å². The summed E-state index contributed by atoms with van der Waals surface area (Å²) in [6.45, 7) is 2.30. The van der Waals surface area contributed by atoms with E-state index in [4.69, 9.17) is 4.74 Å². The van der Waals surface area contributed by atoms with Crippen molar-refractivity contribution in [1.82, 2.24) is 5.32 Å². The number of halogens is 1. The van der Waals surface area contributed by atoms with Gasteiger partial charge in [0.05, 0.1) is 18.1 Å². The summed E-state index contributed by atoms with van der Waals surface area (Å²) >= 11 is 0. The van der Waals surface area contributed by atoms with E-state index in [-0.39, 0.29) is 18.1 Å². The molecule has 0 spiro atoms. The summed E-state index contributed by atoms with van der Waals surface area (Å²) in [7, 11) is 0. The molecule has 0 aromatic heterocycles. The fourth-order valence-electron chi connectivity index (χ4n) is 3.15. The Bertz CT molecular complexity index is 667. The molecule has 6 heteroatoms.